The molecular formula is C14H21N3O2S. The molecule has 5 nitrogen and oxygen atoms in total. The zero-order valence-corrected chi connectivity index (χ0v) is 12.8. The fourth-order valence-electron chi connectivity index (χ4n) is 2.07. The Hall–Kier alpha value is -1.37. The van der Waals surface area contributed by atoms with Gasteiger partial charge < -0.3 is 9.88 Å². The molecule has 1 aromatic carbocycles. The van der Waals surface area contributed by atoms with Crippen molar-refractivity contribution in [1.29, 1.82) is 0 Å². The molecule has 0 spiro atoms. The molecule has 2 aromatic rings. The van der Waals surface area contributed by atoms with Crippen molar-refractivity contribution in [2.75, 3.05) is 27.7 Å². The Balaban J connectivity index is 2.38. The second-order valence-electron chi connectivity index (χ2n) is 5.12. The minimum absolute atomic E-state index is 0.0505. The monoisotopic (exact) mass is 296 g/mol. The summed E-state index contributed by atoms with van der Waals surface area (Å²) in [5.74, 6) is -0.0505. The van der Waals surface area contributed by atoms with E-state index in [9.17, 15) is 8.42 Å². The van der Waals surface area contributed by atoms with Crippen LogP contribution in [0, 0.1) is 0 Å². The molecule has 0 aliphatic carbocycles. The van der Waals surface area contributed by atoms with Crippen LogP contribution >= 0.6 is 0 Å². The van der Waals surface area contributed by atoms with Crippen LogP contribution in [0.4, 0.5) is 0 Å². The zero-order chi connectivity index (χ0) is 15.6. The summed E-state index contributed by atoms with van der Waals surface area (Å²) in [6, 6.07) is 5.49. The number of nitrogens with zero attached hydrogens (tertiary/aromatic N) is 1. The van der Waals surface area contributed by atoms with Gasteiger partial charge in [-0.25, -0.2) is 13.1 Å². The summed E-state index contributed by atoms with van der Waals surface area (Å²) in [5, 5.41) is 0.936. The first-order valence-electron chi connectivity index (χ1n) is 6.98. The van der Waals surface area contributed by atoms with E-state index in [0.29, 0.717) is 6.17 Å². The fraction of sp³-hybridized carbons (Fsp3) is 0.429. The van der Waals surface area contributed by atoms with E-state index in [0.717, 1.165) is 35.0 Å². The molecule has 1 heterocycles. The van der Waals surface area contributed by atoms with Crippen molar-refractivity contribution >= 4 is 20.9 Å². The van der Waals surface area contributed by atoms with E-state index in [4.69, 9.17) is 1.37 Å². The molecule has 0 bridgehead atoms. The van der Waals surface area contributed by atoms with Gasteiger partial charge in [0.1, 0.15) is 0 Å². The predicted molar refractivity (Wildman–Crippen MR) is 82.2 cm³/mol. The van der Waals surface area contributed by atoms with E-state index in [1.165, 1.54) is 7.05 Å². The van der Waals surface area contributed by atoms with Crippen molar-refractivity contribution in [2.24, 2.45) is 0 Å². The van der Waals surface area contributed by atoms with Crippen molar-refractivity contribution in [2.45, 2.75) is 12.2 Å². The number of H-pyrrole nitrogens is 1. The Morgan fingerprint density at radius 2 is 2.15 bits per heavy atom. The normalized spacial score (nSPS) is 13.1. The minimum Gasteiger partial charge on any atom is -0.361 e. The molecule has 0 atom stereocenters. The lowest BCUT2D eigenvalue weighted by Crippen LogP contribution is -2.20. The van der Waals surface area contributed by atoms with Gasteiger partial charge in [-0.2, -0.15) is 0 Å². The maximum atomic E-state index is 11.6. The van der Waals surface area contributed by atoms with Gasteiger partial charge in [-0.15, -0.1) is 0 Å². The molecule has 2 N–H and O–H groups in total. The van der Waals surface area contributed by atoms with Crippen LogP contribution < -0.4 is 4.72 Å². The topological polar surface area (TPSA) is 65.2 Å². The molecular weight excluding hydrogens is 274 g/mol. The van der Waals surface area contributed by atoms with Crippen LogP contribution in [0.2, 0.25) is 0 Å². The summed E-state index contributed by atoms with van der Waals surface area (Å²) in [6.45, 7) is 0.845. The Morgan fingerprint density at radius 1 is 1.40 bits per heavy atom. The molecule has 0 saturated carbocycles. The number of fused-ring (bicyclic) bond motifs is 1. The second kappa shape index (κ2) is 5.95. The van der Waals surface area contributed by atoms with Crippen molar-refractivity contribution in [3.05, 3.63) is 35.5 Å². The maximum absolute atomic E-state index is 11.6. The van der Waals surface area contributed by atoms with E-state index in [2.05, 4.69) is 14.6 Å². The lowest BCUT2D eigenvalue weighted by atomic mass is 10.1. The maximum Gasteiger partial charge on any atom is 0.215 e. The Kier molecular flexibility index (Phi) is 4.05. The highest BCUT2D eigenvalue weighted by molar-refractivity contribution is 7.88. The van der Waals surface area contributed by atoms with Crippen molar-refractivity contribution in [3.8, 4) is 0 Å². The SMILES string of the molecule is [2H]c1[nH]c2ccc(CS(=O)(=O)NC)cc2c1CCN(C)C. The predicted octanol–water partition coefficient (Wildman–Crippen LogP) is 1.32. The van der Waals surface area contributed by atoms with Crippen LogP contribution in [0.15, 0.2) is 24.4 Å². The number of aromatic nitrogens is 1. The van der Waals surface area contributed by atoms with E-state index in [-0.39, 0.29) is 5.75 Å². The summed E-state index contributed by atoms with van der Waals surface area (Å²) in [5.41, 5.74) is 2.53. The van der Waals surface area contributed by atoms with Crippen molar-refractivity contribution in [3.63, 3.8) is 0 Å². The number of benzene rings is 1. The number of likely N-dealkylation sites (N-methyl/N-ethyl adjacent to an activating group) is 1. The third kappa shape index (κ3) is 3.59. The van der Waals surface area contributed by atoms with Gasteiger partial charge in [0, 0.05) is 23.6 Å². The highest BCUT2D eigenvalue weighted by atomic mass is 32.2. The first-order valence-corrected chi connectivity index (χ1v) is 8.13. The highest BCUT2D eigenvalue weighted by Crippen LogP contribution is 2.21. The van der Waals surface area contributed by atoms with Gasteiger partial charge in [0.05, 0.1) is 7.12 Å². The van der Waals surface area contributed by atoms with Crippen LogP contribution in [0.25, 0.3) is 10.9 Å². The summed E-state index contributed by atoms with van der Waals surface area (Å²) in [4.78, 5) is 5.10. The lowest BCUT2D eigenvalue weighted by molar-refractivity contribution is 0.414. The summed E-state index contributed by atoms with van der Waals surface area (Å²) < 4.78 is 33.6. The molecule has 0 unspecified atom stereocenters. The van der Waals surface area contributed by atoms with Gasteiger partial charge in [-0.05, 0) is 50.8 Å². The van der Waals surface area contributed by atoms with Crippen LogP contribution in [0.1, 0.15) is 12.5 Å². The van der Waals surface area contributed by atoms with Crippen LogP contribution in [-0.2, 0) is 22.2 Å². The van der Waals surface area contributed by atoms with Gasteiger partial charge in [0.2, 0.25) is 10.0 Å². The Bertz CT molecular complexity index is 738. The zero-order valence-electron chi connectivity index (χ0n) is 13.0. The third-order valence-electron chi connectivity index (χ3n) is 3.23. The van der Waals surface area contributed by atoms with E-state index in [1.807, 2.05) is 26.2 Å². The number of hydrogen-bond acceptors (Lipinski definition) is 3. The molecule has 6 heteroatoms. The Morgan fingerprint density at radius 3 is 2.80 bits per heavy atom. The third-order valence-corrected chi connectivity index (χ3v) is 4.57. The van der Waals surface area contributed by atoms with Gasteiger partial charge in [-0.1, -0.05) is 6.07 Å². The fourth-order valence-corrected chi connectivity index (χ4v) is 2.84. The standard InChI is InChI=1S/C14H21N3O2S/c1-15-20(18,19)10-11-4-5-14-13(8-11)12(9-16-14)6-7-17(2)3/h4-5,8-9,15-16H,6-7,10H2,1-3H3/i9D. The molecule has 0 saturated heterocycles. The summed E-state index contributed by atoms with van der Waals surface area (Å²) >= 11 is 0. The highest BCUT2D eigenvalue weighted by Gasteiger charge is 2.11. The molecule has 0 aliphatic heterocycles. The first-order chi connectivity index (χ1) is 9.82. The quantitative estimate of drug-likeness (QED) is 0.845. The second-order valence-corrected chi connectivity index (χ2v) is 7.05. The van der Waals surface area contributed by atoms with Crippen molar-refractivity contribution in [1.82, 2.24) is 14.6 Å². The van der Waals surface area contributed by atoms with Gasteiger partial charge in [0.15, 0.2) is 0 Å². The van der Waals surface area contributed by atoms with Crippen LogP contribution in [0.3, 0.4) is 0 Å². The van der Waals surface area contributed by atoms with Crippen molar-refractivity contribution < 1.29 is 9.79 Å². The molecule has 1 aromatic heterocycles. The smallest absolute Gasteiger partial charge is 0.215 e. The molecule has 20 heavy (non-hydrogen) atoms. The lowest BCUT2D eigenvalue weighted by Gasteiger charge is -2.08. The van der Waals surface area contributed by atoms with E-state index in [1.54, 1.807) is 6.07 Å². The molecule has 2 rings (SSSR count). The van der Waals surface area contributed by atoms with Gasteiger partial charge >= 0.3 is 0 Å². The molecule has 0 aliphatic rings. The summed E-state index contributed by atoms with van der Waals surface area (Å²) in [6.07, 6.45) is 1.16. The van der Waals surface area contributed by atoms with Gasteiger partial charge in [0.25, 0.3) is 0 Å². The average molecular weight is 296 g/mol. The molecule has 0 amide bonds. The van der Waals surface area contributed by atoms with Crippen LogP contribution in [0.5, 0.6) is 0 Å². The van der Waals surface area contributed by atoms with Crippen LogP contribution in [-0.4, -0.2) is 46.0 Å². The number of aromatic amines is 1. The molecule has 0 fully saturated rings. The summed E-state index contributed by atoms with van der Waals surface area (Å²) in [7, 11) is 2.10. The molecule has 110 valence electrons. The number of hydrogen-bond donors (Lipinski definition) is 2. The number of rotatable bonds is 6. The number of nitrogens with one attached hydrogen (secondary N) is 2. The minimum atomic E-state index is -3.29. The largest absolute Gasteiger partial charge is 0.361 e. The first kappa shape index (κ1) is 13.6. The van der Waals surface area contributed by atoms with Gasteiger partial charge in [-0.3, -0.25) is 0 Å². The molecule has 0 radical (unpaired) electrons. The number of sulfonamides is 1. The Labute approximate surface area is 121 Å². The van der Waals surface area contributed by atoms with E-state index >= 15 is 0 Å². The average Bonchev–Trinajstić information content (AvgIpc) is 2.71. The van der Waals surface area contributed by atoms with E-state index < -0.39 is 10.0 Å².